The Morgan fingerprint density at radius 3 is 2.17 bits per heavy atom. The number of carbonyl (C=O) groups is 1. The molecule has 0 aliphatic heterocycles. The minimum absolute atomic E-state index is 0.394. The summed E-state index contributed by atoms with van der Waals surface area (Å²) in [6.45, 7) is 3.16. The van der Waals surface area contributed by atoms with Crippen LogP contribution >= 0.6 is 0 Å². The zero-order chi connectivity index (χ0) is 9.23. The molecule has 0 saturated carbocycles. The Kier molecular flexibility index (Phi) is 6.24. The van der Waals surface area contributed by atoms with Gasteiger partial charge in [-0.3, -0.25) is 0 Å². The van der Waals surface area contributed by atoms with Crippen LogP contribution in [0.1, 0.15) is 0 Å². The molecule has 0 aliphatic carbocycles. The molecule has 0 bridgehead atoms. The molecule has 5 heteroatoms. The third-order valence-electron chi connectivity index (χ3n) is 0.777. The van der Waals surface area contributed by atoms with E-state index in [9.17, 15) is 4.79 Å². The van der Waals surface area contributed by atoms with Crippen molar-refractivity contribution < 1.29 is 9.53 Å². The second-order valence-corrected chi connectivity index (χ2v) is 1.54. The van der Waals surface area contributed by atoms with Gasteiger partial charge in [-0.05, 0) is 11.3 Å². The largest absolute Gasteiger partial charge is 0.466 e. The average molecular weight is 167 g/mol. The Morgan fingerprint density at radius 1 is 1.50 bits per heavy atom. The van der Waals surface area contributed by atoms with E-state index in [1.807, 2.05) is 0 Å². The van der Waals surface area contributed by atoms with Gasteiger partial charge in [0.05, 0.1) is 19.5 Å². The van der Waals surface area contributed by atoms with E-state index in [2.05, 4.69) is 26.7 Å². The van der Waals surface area contributed by atoms with Gasteiger partial charge in [0, 0.05) is 6.08 Å². The fourth-order valence-corrected chi connectivity index (χ4v) is 0.288. The van der Waals surface area contributed by atoms with Crippen molar-refractivity contribution in [2.45, 2.75) is 0 Å². The highest BCUT2D eigenvalue weighted by molar-refractivity contribution is 5.80. The Balaban J connectivity index is 0.000000202. The fraction of sp³-hybridized carbons (Fsp3) is 0.143. The number of hydrogen-bond acceptors (Lipinski definition) is 5. The Labute approximate surface area is 70.1 Å². The molecule has 0 unspecified atom stereocenters. The molecule has 0 N–H and O–H groups in total. The van der Waals surface area contributed by atoms with Gasteiger partial charge in [0.25, 0.3) is 0 Å². The first-order chi connectivity index (χ1) is 5.81. The molecule has 0 saturated heterocycles. The van der Waals surface area contributed by atoms with Crippen molar-refractivity contribution in [1.82, 2.24) is 15.4 Å². The zero-order valence-electron chi connectivity index (χ0n) is 6.67. The summed E-state index contributed by atoms with van der Waals surface area (Å²) in [5.41, 5.74) is 0. The number of esters is 1. The fourth-order valence-electron chi connectivity index (χ4n) is 0.288. The SMILES string of the molecule is C=CC(=O)OC.c1cnnnc1. The smallest absolute Gasteiger partial charge is 0.329 e. The van der Waals surface area contributed by atoms with Gasteiger partial charge in [-0.15, -0.1) is 10.2 Å². The Hall–Kier alpha value is -1.78. The summed E-state index contributed by atoms with van der Waals surface area (Å²) in [5, 5.41) is 10.1. The van der Waals surface area contributed by atoms with Crippen LogP contribution in [0.5, 0.6) is 0 Å². The molecule has 0 aromatic carbocycles. The molecule has 1 heterocycles. The zero-order valence-corrected chi connectivity index (χ0v) is 6.67. The first-order valence-corrected chi connectivity index (χ1v) is 3.10. The number of methoxy groups -OCH3 is 1. The standard InChI is InChI=1S/C4H6O2.C3H3N3/c1-3-4(5)6-2;1-2-4-6-5-3-1/h3H,1H2,2H3;1-3H. The maximum atomic E-state index is 9.84. The van der Waals surface area contributed by atoms with E-state index in [4.69, 9.17) is 0 Å². The van der Waals surface area contributed by atoms with Crippen LogP contribution < -0.4 is 0 Å². The first-order valence-electron chi connectivity index (χ1n) is 3.10. The van der Waals surface area contributed by atoms with E-state index in [0.29, 0.717) is 0 Å². The number of rotatable bonds is 1. The molecule has 0 fully saturated rings. The van der Waals surface area contributed by atoms with Crippen molar-refractivity contribution in [3.05, 3.63) is 31.1 Å². The van der Waals surface area contributed by atoms with Crippen LogP contribution in [0.4, 0.5) is 0 Å². The molecule has 1 aromatic rings. The minimum Gasteiger partial charge on any atom is -0.466 e. The van der Waals surface area contributed by atoms with Crippen molar-refractivity contribution in [2.24, 2.45) is 0 Å². The van der Waals surface area contributed by atoms with Crippen LogP contribution in [0.15, 0.2) is 31.1 Å². The Bertz CT molecular complexity index is 199. The predicted octanol–water partition coefficient (Wildman–Crippen LogP) is 0.217. The molecule has 0 radical (unpaired) electrons. The third-order valence-corrected chi connectivity index (χ3v) is 0.777. The normalized spacial score (nSPS) is 7.42. The highest BCUT2D eigenvalue weighted by Crippen LogP contribution is 1.67. The van der Waals surface area contributed by atoms with E-state index in [-0.39, 0.29) is 0 Å². The molecule has 0 atom stereocenters. The average Bonchev–Trinajstić information content (AvgIpc) is 2.20. The number of ether oxygens (including phenoxy) is 1. The van der Waals surface area contributed by atoms with Gasteiger partial charge in [0.15, 0.2) is 0 Å². The number of hydrogen-bond donors (Lipinski definition) is 0. The van der Waals surface area contributed by atoms with E-state index in [0.717, 1.165) is 6.08 Å². The summed E-state index contributed by atoms with van der Waals surface area (Å²) >= 11 is 0. The quantitative estimate of drug-likeness (QED) is 0.442. The molecule has 5 nitrogen and oxygen atoms in total. The molecule has 0 spiro atoms. The van der Waals surface area contributed by atoms with Gasteiger partial charge < -0.3 is 4.74 Å². The van der Waals surface area contributed by atoms with E-state index < -0.39 is 5.97 Å². The predicted molar refractivity (Wildman–Crippen MR) is 42.0 cm³/mol. The van der Waals surface area contributed by atoms with Crippen molar-refractivity contribution in [1.29, 1.82) is 0 Å². The van der Waals surface area contributed by atoms with Gasteiger partial charge in [0.2, 0.25) is 0 Å². The number of carbonyl (C=O) groups excluding carboxylic acids is 1. The van der Waals surface area contributed by atoms with E-state index in [1.54, 1.807) is 18.5 Å². The molecule has 1 rings (SSSR count). The van der Waals surface area contributed by atoms with Gasteiger partial charge in [-0.2, -0.15) is 0 Å². The van der Waals surface area contributed by atoms with Crippen LogP contribution in [-0.2, 0) is 9.53 Å². The van der Waals surface area contributed by atoms with Gasteiger partial charge in [0.1, 0.15) is 0 Å². The topological polar surface area (TPSA) is 65.0 Å². The van der Waals surface area contributed by atoms with Gasteiger partial charge in [-0.1, -0.05) is 6.58 Å². The maximum absolute atomic E-state index is 9.84. The van der Waals surface area contributed by atoms with Crippen LogP contribution in [0, 0.1) is 0 Å². The summed E-state index contributed by atoms with van der Waals surface area (Å²) in [7, 11) is 1.31. The molecule has 0 amide bonds. The van der Waals surface area contributed by atoms with Crippen LogP contribution in [0.25, 0.3) is 0 Å². The van der Waals surface area contributed by atoms with Crippen molar-refractivity contribution in [2.75, 3.05) is 7.11 Å². The summed E-state index contributed by atoms with van der Waals surface area (Å²) in [6.07, 6.45) is 4.26. The molecule has 12 heavy (non-hydrogen) atoms. The lowest BCUT2D eigenvalue weighted by Gasteiger charge is -1.83. The third kappa shape index (κ3) is 6.34. The molecule has 64 valence electrons. The van der Waals surface area contributed by atoms with Gasteiger partial charge >= 0.3 is 5.97 Å². The van der Waals surface area contributed by atoms with Gasteiger partial charge in [-0.25, -0.2) is 4.79 Å². The van der Waals surface area contributed by atoms with Crippen LogP contribution in [0.2, 0.25) is 0 Å². The lowest BCUT2D eigenvalue weighted by atomic mass is 10.7. The maximum Gasteiger partial charge on any atom is 0.329 e. The lowest BCUT2D eigenvalue weighted by molar-refractivity contribution is -0.134. The molecular weight excluding hydrogens is 158 g/mol. The highest BCUT2D eigenvalue weighted by atomic mass is 16.5. The first kappa shape index (κ1) is 10.2. The van der Waals surface area contributed by atoms with Crippen molar-refractivity contribution in [3.8, 4) is 0 Å². The summed E-state index contributed by atoms with van der Waals surface area (Å²) in [6, 6.07) is 1.72. The molecular formula is C7H9N3O2. The monoisotopic (exact) mass is 167 g/mol. The molecule has 0 aliphatic rings. The van der Waals surface area contributed by atoms with E-state index >= 15 is 0 Å². The van der Waals surface area contributed by atoms with Crippen molar-refractivity contribution >= 4 is 5.97 Å². The summed E-state index contributed by atoms with van der Waals surface area (Å²) in [5.74, 6) is -0.394. The number of aromatic nitrogens is 3. The lowest BCUT2D eigenvalue weighted by Crippen LogP contribution is -1.91. The second-order valence-electron chi connectivity index (χ2n) is 1.54. The highest BCUT2D eigenvalue weighted by Gasteiger charge is 1.81. The van der Waals surface area contributed by atoms with Crippen LogP contribution in [0.3, 0.4) is 0 Å². The minimum atomic E-state index is -0.394. The second kappa shape index (κ2) is 7.33. The summed E-state index contributed by atoms with van der Waals surface area (Å²) in [4.78, 5) is 9.84. The van der Waals surface area contributed by atoms with Crippen LogP contribution in [-0.4, -0.2) is 28.5 Å². The Morgan fingerprint density at radius 2 is 2.08 bits per heavy atom. The van der Waals surface area contributed by atoms with Crippen molar-refractivity contribution in [3.63, 3.8) is 0 Å². The number of nitrogens with zero attached hydrogens (tertiary/aromatic N) is 3. The summed E-state index contributed by atoms with van der Waals surface area (Å²) < 4.78 is 4.14. The van der Waals surface area contributed by atoms with E-state index in [1.165, 1.54) is 7.11 Å². The molecule has 1 aromatic heterocycles.